The molecular weight excluding hydrogens is 232 g/mol. The lowest BCUT2D eigenvalue weighted by Gasteiger charge is -2.15. The summed E-state index contributed by atoms with van der Waals surface area (Å²) in [4.78, 5) is 2.84. The number of likely N-dealkylation sites (tertiary alicyclic amines) is 1. The molecule has 0 amide bonds. The van der Waals surface area contributed by atoms with E-state index in [4.69, 9.17) is 22.7 Å². The molecule has 0 saturated carbocycles. The van der Waals surface area contributed by atoms with Crippen LogP contribution in [-0.4, -0.2) is 36.1 Å². The van der Waals surface area contributed by atoms with E-state index in [0.717, 1.165) is 24.5 Å². The van der Waals surface area contributed by atoms with Gasteiger partial charge in [0.15, 0.2) is 0 Å². The highest BCUT2D eigenvalue weighted by atomic mass is 32.1. The average Bonchev–Trinajstić information content (AvgIpc) is 2.82. The van der Waals surface area contributed by atoms with E-state index in [9.17, 15) is 0 Å². The number of nitrogens with two attached hydrogens (primary N) is 1. The van der Waals surface area contributed by atoms with Crippen molar-refractivity contribution < 1.29 is 4.74 Å². The van der Waals surface area contributed by atoms with Crippen molar-refractivity contribution in [3.05, 3.63) is 29.8 Å². The number of benzene rings is 1. The van der Waals surface area contributed by atoms with E-state index < -0.39 is 0 Å². The van der Waals surface area contributed by atoms with E-state index in [1.54, 1.807) is 0 Å². The maximum absolute atomic E-state index is 5.70. The van der Waals surface area contributed by atoms with Crippen LogP contribution >= 0.6 is 12.2 Å². The van der Waals surface area contributed by atoms with Crippen molar-refractivity contribution in [1.82, 2.24) is 4.90 Å². The van der Waals surface area contributed by atoms with Gasteiger partial charge in [-0.25, -0.2) is 0 Å². The normalized spacial score (nSPS) is 16.0. The molecule has 1 aromatic carbocycles. The molecule has 17 heavy (non-hydrogen) atoms. The fraction of sp³-hybridized carbons (Fsp3) is 0.462. The Morgan fingerprint density at radius 1 is 1.35 bits per heavy atom. The molecule has 0 aromatic heterocycles. The maximum atomic E-state index is 5.70. The van der Waals surface area contributed by atoms with Crippen LogP contribution in [0.1, 0.15) is 18.4 Å². The highest BCUT2D eigenvalue weighted by Gasteiger charge is 2.10. The van der Waals surface area contributed by atoms with E-state index in [1.165, 1.54) is 25.9 Å². The molecule has 0 unspecified atom stereocenters. The molecule has 1 fully saturated rings. The van der Waals surface area contributed by atoms with Crippen LogP contribution in [0.4, 0.5) is 0 Å². The van der Waals surface area contributed by atoms with Gasteiger partial charge in [-0.1, -0.05) is 24.4 Å². The van der Waals surface area contributed by atoms with Gasteiger partial charge in [0.25, 0.3) is 0 Å². The number of nitrogens with zero attached hydrogens (tertiary/aromatic N) is 1. The summed E-state index contributed by atoms with van der Waals surface area (Å²) < 4.78 is 5.70. The van der Waals surface area contributed by atoms with Gasteiger partial charge in [0, 0.05) is 12.1 Å². The zero-order valence-corrected chi connectivity index (χ0v) is 10.7. The SMILES string of the molecule is NC(=S)c1cccc(OCCN2CCCC2)c1. The zero-order chi connectivity index (χ0) is 12.1. The summed E-state index contributed by atoms with van der Waals surface area (Å²) in [7, 11) is 0. The molecule has 2 N–H and O–H groups in total. The van der Waals surface area contributed by atoms with Crippen LogP contribution in [-0.2, 0) is 0 Å². The Labute approximate surface area is 108 Å². The van der Waals surface area contributed by atoms with Crippen molar-refractivity contribution in [1.29, 1.82) is 0 Å². The van der Waals surface area contributed by atoms with Gasteiger partial charge >= 0.3 is 0 Å². The second-order valence-electron chi connectivity index (χ2n) is 4.29. The van der Waals surface area contributed by atoms with Crippen LogP contribution in [0.25, 0.3) is 0 Å². The quantitative estimate of drug-likeness (QED) is 0.809. The summed E-state index contributed by atoms with van der Waals surface area (Å²) in [6, 6.07) is 7.65. The van der Waals surface area contributed by atoms with Crippen LogP contribution in [0.15, 0.2) is 24.3 Å². The number of hydrogen-bond donors (Lipinski definition) is 1. The second kappa shape index (κ2) is 5.98. The number of rotatable bonds is 5. The third kappa shape index (κ3) is 3.68. The van der Waals surface area contributed by atoms with Crippen LogP contribution in [0.3, 0.4) is 0 Å². The molecule has 0 atom stereocenters. The lowest BCUT2D eigenvalue weighted by Crippen LogP contribution is -2.25. The fourth-order valence-corrected chi connectivity index (χ4v) is 2.16. The van der Waals surface area contributed by atoms with Crippen LogP contribution in [0, 0.1) is 0 Å². The standard InChI is InChI=1S/C13H18N2OS/c14-13(17)11-4-3-5-12(10-11)16-9-8-15-6-1-2-7-15/h3-5,10H,1-2,6-9H2,(H2,14,17). The van der Waals surface area contributed by atoms with E-state index >= 15 is 0 Å². The summed E-state index contributed by atoms with van der Waals surface area (Å²) in [5, 5.41) is 0. The molecular formula is C13H18N2OS. The molecule has 92 valence electrons. The Morgan fingerprint density at radius 2 is 2.12 bits per heavy atom. The van der Waals surface area contributed by atoms with Gasteiger partial charge in [0.1, 0.15) is 17.3 Å². The van der Waals surface area contributed by atoms with Crippen LogP contribution in [0.2, 0.25) is 0 Å². The third-order valence-electron chi connectivity index (χ3n) is 2.99. The molecule has 1 aliphatic rings. The number of ether oxygens (including phenoxy) is 1. The predicted octanol–water partition coefficient (Wildman–Crippen LogP) is 1.80. The zero-order valence-electron chi connectivity index (χ0n) is 9.89. The first-order valence-electron chi connectivity index (χ1n) is 6.01. The van der Waals surface area contributed by atoms with Gasteiger partial charge in [-0.05, 0) is 38.1 Å². The predicted molar refractivity (Wildman–Crippen MR) is 73.5 cm³/mol. The molecule has 0 aliphatic carbocycles. The Hall–Kier alpha value is -1.13. The number of hydrogen-bond acceptors (Lipinski definition) is 3. The lowest BCUT2D eigenvalue weighted by atomic mass is 10.2. The fourth-order valence-electron chi connectivity index (χ4n) is 2.04. The monoisotopic (exact) mass is 250 g/mol. The van der Waals surface area contributed by atoms with Crippen molar-refractivity contribution in [2.45, 2.75) is 12.8 Å². The van der Waals surface area contributed by atoms with Gasteiger partial charge in [0.05, 0.1) is 0 Å². The van der Waals surface area contributed by atoms with Crippen molar-refractivity contribution in [2.24, 2.45) is 5.73 Å². The first kappa shape index (κ1) is 12.3. The van der Waals surface area contributed by atoms with Crippen LogP contribution in [0.5, 0.6) is 5.75 Å². The van der Waals surface area contributed by atoms with Gasteiger partial charge in [-0.3, -0.25) is 4.90 Å². The molecule has 0 bridgehead atoms. The van der Waals surface area contributed by atoms with Gasteiger partial charge in [-0.2, -0.15) is 0 Å². The van der Waals surface area contributed by atoms with E-state index in [1.807, 2.05) is 24.3 Å². The minimum atomic E-state index is 0.412. The maximum Gasteiger partial charge on any atom is 0.120 e. The molecule has 4 heteroatoms. The van der Waals surface area contributed by atoms with Gasteiger partial charge in [-0.15, -0.1) is 0 Å². The molecule has 1 heterocycles. The Kier molecular flexibility index (Phi) is 4.34. The molecule has 1 aromatic rings. The second-order valence-corrected chi connectivity index (χ2v) is 4.73. The number of thiocarbonyl (C=S) groups is 1. The summed E-state index contributed by atoms with van der Waals surface area (Å²) in [6.45, 7) is 4.13. The first-order valence-corrected chi connectivity index (χ1v) is 6.41. The van der Waals surface area contributed by atoms with E-state index in [2.05, 4.69) is 4.90 Å². The summed E-state index contributed by atoms with van der Waals surface area (Å²) in [5.74, 6) is 0.842. The Balaban J connectivity index is 1.81. The first-order chi connectivity index (χ1) is 8.25. The molecule has 2 rings (SSSR count). The van der Waals surface area contributed by atoms with Crippen molar-refractivity contribution in [2.75, 3.05) is 26.2 Å². The Bertz CT molecular complexity index is 389. The lowest BCUT2D eigenvalue weighted by molar-refractivity contribution is 0.238. The van der Waals surface area contributed by atoms with E-state index in [-0.39, 0.29) is 0 Å². The summed E-state index contributed by atoms with van der Waals surface area (Å²) >= 11 is 4.94. The minimum Gasteiger partial charge on any atom is -0.492 e. The van der Waals surface area contributed by atoms with Crippen LogP contribution < -0.4 is 10.5 Å². The largest absolute Gasteiger partial charge is 0.492 e. The minimum absolute atomic E-state index is 0.412. The van der Waals surface area contributed by atoms with Gasteiger partial charge < -0.3 is 10.5 Å². The highest BCUT2D eigenvalue weighted by molar-refractivity contribution is 7.80. The highest BCUT2D eigenvalue weighted by Crippen LogP contribution is 2.13. The van der Waals surface area contributed by atoms with Crippen molar-refractivity contribution >= 4 is 17.2 Å². The molecule has 3 nitrogen and oxygen atoms in total. The Morgan fingerprint density at radius 3 is 2.82 bits per heavy atom. The molecule has 0 spiro atoms. The van der Waals surface area contributed by atoms with E-state index in [0.29, 0.717) is 4.99 Å². The topological polar surface area (TPSA) is 38.5 Å². The summed E-state index contributed by atoms with van der Waals surface area (Å²) in [6.07, 6.45) is 2.63. The van der Waals surface area contributed by atoms with Crippen molar-refractivity contribution in [3.8, 4) is 5.75 Å². The summed E-state index contributed by atoms with van der Waals surface area (Å²) in [5.41, 5.74) is 6.44. The molecule has 1 saturated heterocycles. The average molecular weight is 250 g/mol. The third-order valence-corrected chi connectivity index (χ3v) is 3.23. The molecule has 1 aliphatic heterocycles. The molecule has 0 radical (unpaired) electrons. The van der Waals surface area contributed by atoms with Gasteiger partial charge in [0.2, 0.25) is 0 Å². The van der Waals surface area contributed by atoms with Crippen molar-refractivity contribution in [3.63, 3.8) is 0 Å². The smallest absolute Gasteiger partial charge is 0.120 e.